The van der Waals surface area contributed by atoms with Crippen molar-refractivity contribution in [3.05, 3.63) is 94.7 Å². The van der Waals surface area contributed by atoms with Crippen molar-refractivity contribution < 1.29 is 32.6 Å². The zero-order chi connectivity index (χ0) is 54.3. The second-order valence-corrected chi connectivity index (χ2v) is 24.4. The molecular weight excluding hydrogens is 1030 g/mol. The second kappa shape index (κ2) is 24.5. The summed E-state index contributed by atoms with van der Waals surface area (Å²) in [5.41, 5.74) is 6.86. The monoisotopic (exact) mass is 1100 g/mol. The van der Waals surface area contributed by atoms with Crippen molar-refractivity contribution in [3.8, 4) is 16.2 Å². The number of nitrogens with one attached hydrogen (secondary N) is 4. The summed E-state index contributed by atoms with van der Waals surface area (Å²) < 4.78 is 31.6. The van der Waals surface area contributed by atoms with Crippen molar-refractivity contribution in [1.29, 1.82) is 0 Å². The second-order valence-electron chi connectivity index (χ2n) is 21.1. The highest BCUT2D eigenvalue weighted by molar-refractivity contribution is 7.92. The molecule has 408 valence electrons. The van der Waals surface area contributed by atoms with Gasteiger partial charge in [0.25, 0.3) is 0 Å². The Labute approximate surface area is 455 Å². The number of amides is 3. The van der Waals surface area contributed by atoms with Crippen molar-refractivity contribution in [3.63, 3.8) is 0 Å². The fraction of sp³-hybridized carbons (Fsp3) is 0.481. The summed E-state index contributed by atoms with van der Waals surface area (Å²) in [6.07, 6.45) is 4.13. The molecule has 5 aromatic rings. The number of benzene rings is 3. The van der Waals surface area contributed by atoms with E-state index in [1.165, 1.54) is 17.5 Å². The molecule has 0 saturated carbocycles. The molecule has 5 heterocycles. The lowest BCUT2D eigenvalue weighted by Crippen LogP contribution is -2.57. The number of hydrogen-bond acceptors (Lipinski definition) is 16. The van der Waals surface area contributed by atoms with Gasteiger partial charge in [-0.25, -0.2) is 18.4 Å². The van der Waals surface area contributed by atoms with E-state index in [2.05, 4.69) is 50.9 Å². The van der Waals surface area contributed by atoms with Gasteiger partial charge in [-0.3, -0.25) is 28.5 Å². The highest BCUT2D eigenvalue weighted by Crippen LogP contribution is 2.36. The fourth-order valence-electron chi connectivity index (χ4n) is 10.1. The zero-order valence-corrected chi connectivity index (χ0v) is 46.8. The molecule has 19 nitrogen and oxygen atoms in total. The maximum atomic E-state index is 14.2. The van der Waals surface area contributed by atoms with E-state index in [9.17, 15) is 27.9 Å². The number of halogens is 1. The highest BCUT2D eigenvalue weighted by atomic mass is 35.5. The number of aromatic nitrogens is 3. The van der Waals surface area contributed by atoms with Gasteiger partial charge in [-0.15, -0.1) is 11.3 Å². The lowest BCUT2D eigenvalue weighted by atomic mass is 9.85. The van der Waals surface area contributed by atoms with Crippen LogP contribution in [-0.4, -0.2) is 158 Å². The molecule has 76 heavy (non-hydrogen) atoms. The average molecular weight is 1100 g/mol. The lowest BCUT2D eigenvalue weighted by molar-refractivity contribution is -0.141. The van der Waals surface area contributed by atoms with Crippen LogP contribution in [0.1, 0.15) is 57.7 Å². The summed E-state index contributed by atoms with van der Waals surface area (Å²) >= 11 is 8.09. The summed E-state index contributed by atoms with van der Waals surface area (Å²) in [6.45, 7) is 14.5. The van der Waals surface area contributed by atoms with Crippen LogP contribution in [0.2, 0.25) is 5.02 Å². The Balaban J connectivity index is 0.772. The number of carbonyl (C=O) groups is 3. The van der Waals surface area contributed by atoms with E-state index in [-0.39, 0.29) is 48.2 Å². The van der Waals surface area contributed by atoms with E-state index in [0.29, 0.717) is 47.5 Å². The van der Waals surface area contributed by atoms with Gasteiger partial charge in [0.2, 0.25) is 33.7 Å². The van der Waals surface area contributed by atoms with Crippen LogP contribution in [-0.2, 0) is 31.0 Å². The molecule has 2 aromatic heterocycles. The third-order valence-electron chi connectivity index (χ3n) is 14.5. The largest absolute Gasteiger partial charge is 0.494 e. The number of thiazole rings is 1. The number of β-amino-alcohol motifs (C(OH)–C–C–N with tert-alkyl or cyclic N) is 1. The van der Waals surface area contributed by atoms with E-state index in [1.807, 2.05) is 75.7 Å². The molecule has 22 heteroatoms. The Hall–Kier alpha value is -6.10. The Morgan fingerprint density at radius 1 is 0.934 bits per heavy atom. The molecule has 0 spiro atoms. The molecule has 0 aliphatic carbocycles. The number of ether oxygens (including phenoxy) is 1. The molecule has 3 aliphatic rings. The van der Waals surface area contributed by atoms with Gasteiger partial charge in [-0.2, -0.15) is 4.98 Å². The first-order chi connectivity index (χ1) is 36.2. The van der Waals surface area contributed by atoms with Gasteiger partial charge in [-0.1, -0.05) is 68.8 Å². The molecule has 3 saturated heterocycles. The SMILES string of the molecule is COc1cc(N2CCN(CC3CCN(CC(=O)N[C@H](C(=O)N4C[C@H](O)C[C@@H]4CC(=O)NCc4ccc(-c5scnc5C)cc4)C(C)(C)C)CC3)CC2)ccc1Nc1ncc(Cl)c(Nc2ccccc2N(C)S(C)(=O)=O)n1. The predicted molar refractivity (Wildman–Crippen MR) is 300 cm³/mol. The number of hydrogen-bond donors (Lipinski definition) is 5. The third-order valence-corrected chi connectivity index (χ3v) is 16.9. The third kappa shape index (κ3) is 14.3. The van der Waals surface area contributed by atoms with Crippen LogP contribution >= 0.6 is 22.9 Å². The number of piperazine rings is 1. The van der Waals surface area contributed by atoms with Gasteiger partial charge < -0.3 is 40.9 Å². The van der Waals surface area contributed by atoms with Gasteiger partial charge in [0.05, 0.1) is 65.4 Å². The molecule has 3 amide bonds. The van der Waals surface area contributed by atoms with Crippen molar-refractivity contribution >= 4 is 85.2 Å². The summed E-state index contributed by atoms with van der Waals surface area (Å²) in [4.78, 5) is 64.2. The number of likely N-dealkylation sites (tertiary alicyclic amines) is 2. The van der Waals surface area contributed by atoms with Crippen molar-refractivity contribution in [1.82, 2.24) is 40.3 Å². The predicted octanol–water partition coefficient (Wildman–Crippen LogP) is 6.49. The summed E-state index contributed by atoms with van der Waals surface area (Å²) in [5.74, 6) is 0.972. The number of anilines is 6. The smallest absolute Gasteiger partial charge is 0.246 e. The van der Waals surface area contributed by atoms with Crippen LogP contribution in [0.4, 0.5) is 34.5 Å². The minimum Gasteiger partial charge on any atom is -0.494 e. The Morgan fingerprint density at radius 3 is 2.33 bits per heavy atom. The average Bonchev–Trinajstić information content (AvgIpc) is 4.00. The molecule has 3 aliphatic heterocycles. The summed E-state index contributed by atoms with van der Waals surface area (Å²) in [5, 5.41) is 23.4. The minimum absolute atomic E-state index is 0.0535. The molecule has 0 unspecified atom stereocenters. The Bertz CT molecular complexity index is 2940. The zero-order valence-electron chi connectivity index (χ0n) is 44.4. The van der Waals surface area contributed by atoms with Crippen LogP contribution in [0.5, 0.6) is 5.75 Å². The maximum absolute atomic E-state index is 14.2. The molecule has 5 N–H and O–H groups in total. The number of para-hydroxylation sites is 2. The van der Waals surface area contributed by atoms with Crippen LogP contribution in [0.3, 0.4) is 0 Å². The number of sulfonamides is 1. The Morgan fingerprint density at radius 2 is 1.66 bits per heavy atom. The van der Waals surface area contributed by atoms with Crippen molar-refractivity contribution in [2.75, 3.05) is 99.2 Å². The quantitative estimate of drug-likeness (QED) is 0.0598. The number of piperidine rings is 1. The normalized spacial score (nSPS) is 18.3. The van der Waals surface area contributed by atoms with Crippen LogP contribution < -0.4 is 35.2 Å². The number of aliphatic hydroxyl groups excluding tert-OH is 1. The molecule has 0 radical (unpaired) electrons. The first-order valence-electron chi connectivity index (χ1n) is 25.7. The van der Waals surface area contributed by atoms with Crippen molar-refractivity contribution in [2.45, 2.75) is 78.1 Å². The molecule has 3 atom stereocenters. The lowest BCUT2D eigenvalue weighted by Gasteiger charge is -2.40. The molecule has 3 fully saturated rings. The van der Waals surface area contributed by atoms with Gasteiger partial charge >= 0.3 is 0 Å². The van der Waals surface area contributed by atoms with Gasteiger partial charge in [-0.05, 0) is 86.0 Å². The van der Waals surface area contributed by atoms with E-state index in [4.69, 9.17) is 16.3 Å². The first-order valence-corrected chi connectivity index (χ1v) is 28.8. The number of aryl methyl sites for hydroxylation is 1. The number of methoxy groups -OCH3 is 1. The molecule has 0 bridgehead atoms. The number of nitrogens with zero attached hydrogens (tertiary/aromatic N) is 8. The molecule has 8 rings (SSSR count). The van der Waals surface area contributed by atoms with E-state index < -0.39 is 33.6 Å². The highest BCUT2D eigenvalue weighted by Gasteiger charge is 2.43. The standard InChI is InChI=1S/C54H71ClN12O7S2/c1-35-49(75-34-58-35)38-14-12-36(13-15-38)29-56-47(69)28-40-26-41(68)32-67(40)52(71)50(54(2,3)4)61-48(70)33-64-20-18-37(19-21-64)31-65-22-24-66(25-23-65)39-16-17-44(46(27-39)74-6)60-53-57-30-42(55)51(62-53)59-43-10-8-9-11-45(43)63(5)76(7,72)73/h8-17,27,30,34,37,40-41,50,68H,18-26,28-29,31-33H2,1-7H3,(H,56,69)(H,61,70)(H2,57,59,60,62)/t40-,41-,50-/m1/s1. The topological polar surface area (TPSA) is 218 Å². The van der Waals surface area contributed by atoms with E-state index >= 15 is 0 Å². The maximum Gasteiger partial charge on any atom is 0.246 e. The van der Waals surface area contributed by atoms with Crippen LogP contribution in [0.15, 0.2) is 78.4 Å². The van der Waals surface area contributed by atoms with E-state index in [0.717, 1.165) is 92.3 Å². The molecular formula is C54H71ClN12O7S2. The van der Waals surface area contributed by atoms with Crippen LogP contribution in [0.25, 0.3) is 10.4 Å². The minimum atomic E-state index is -3.52. The van der Waals surface area contributed by atoms with Gasteiger partial charge in [0, 0.05) is 77.1 Å². The van der Waals surface area contributed by atoms with Gasteiger partial charge in [0.1, 0.15) is 16.8 Å². The number of carbonyl (C=O) groups excluding carboxylic acids is 3. The summed E-state index contributed by atoms with van der Waals surface area (Å²) in [6, 6.07) is 19.6. The fourth-order valence-corrected chi connectivity index (χ4v) is 11.5. The van der Waals surface area contributed by atoms with Crippen LogP contribution in [0, 0.1) is 18.3 Å². The van der Waals surface area contributed by atoms with Gasteiger partial charge in [0.15, 0.2) is 5.82 Å². The van der Waals surface area contributed by atoms with Crippen molar-refractivity contribution in [2.24, 2.45) is 11.3 Å². The van der Waals surface area contributed by atoms with E-state index in [1.54, 1.807) is 47.6 Å². The summed E-state index contributed by atoms with van der Waals surface area (Å²) in [7, 11) is -0.423. The first kappa shape index (κ1) is 56.1. The molecule has 3 aromatic carbocycles. The number of aliphatic hydroxyl groups is 1. The Kier molecular flexibility index (Phi) is 18.1. The number of rotatable bonds is 19.